The molecule has 3 aromatic rings. The first-order valence-electron chi connectivity index (χ1n) is 10.6. The van der Waals surface area contributed by atoms with Crippen molar-refractivity contribution in [1.82, 2.24) is 15.6 Å². The predicted molar refractivity (Wildman–Crippen MR) is 134 cm³/mol. The van der Waals surface area contributed by atoms with E-state index in [4.69, 9.17) is 27.9 Å². The van der Waals surface area contributed by atoms with Crippen LogP contribution >= 0.6 is 23.2 Å². The Kier molecular flexibility index (Phi) is 8.24. The average molecular weight is 491 g/mol. The van der Waals surface area contributed by atoms with Crippen molar-refractivity contribution >= 4 is 46.0 Å². The minimum atomic E-state index is -0.612. The van der Waals surface area contributed by atoms with Crippen LogP contribution < -0.4 is 21.4 Å². The second-order valence-electron chi connectivity index (χ2n) is 8.70. The van der Waals surface area contributed by atoms with Crippen LogP contribution in [0.25, 0.3) is 10.9 Å². The number of benzene rings is 2. The number of anilines is 1. The molecule has 33 heavy (non-hydrogen) atoms. The molecule has 1 aromatic heterocycles. The van der Waals surface area contributed by atoms with E-state index in [1.54, 1.807) is 18.2 Å². The van der Waals surface area contributed by atoms with Gasteiger partial charge in [-0.15, -0.1) is 0 Å². The Balaban J connectivity index is 1.66. The summed E-state index contributed by atoms with van der Waals surface area (Å²) in [6.07, 6.45) is -0.516. The Bertz CT molecular complexity index is 1170. The highest BCUT2D eigenvalue weighted by Crippen LogP contribution is 2.22. The normalized spacial score (nSPS) is 12.4. The first-order chi connectivity index (χ1) is 15.6. The summed E-state index contributed by atoms with van der Waals surface area (Å²) in [4.78, 5) is 27.9. The third-order valence-electron chi connectivity index (χ3n) is 4.70. The summed E-state index contributed by atoms with van der Waals surface area (Å²) in [5.74, 6) is 0.569. The van der Waals surface area contributed by atoms with Gasteiger partial charge in [0.05, 0.1) is 21.6 Å². The monoisotopic (exact) mass is 490 g/mol. The van der Waals surface area contributed by atoms with Crippen LogP contribution in [-0.2, 0) is 11.3 Å². The number of hydrogen-bond donors (Lipinski definition) is 4. The van der Waals surface area contributed by atoms with E-state index in [-0.39, 0.29) is 11.5 Å². The van der Waals surface area contributed by atoms with Crippen molar-refractivity contribution in [2.24, 2.45) is 0 Å². The lowest BCUT2D eigenvalue weighted by Gasteiger charge is -2.24. The molecule has 2 aromatic carbocycles. The lowest BCUT2D eigenvalue weighted by Crippen LogP contribution is -2.47. The van der Waals surface area contributed by atoms with Gasteiger partial charge in [0.1, 0.15) is 11.4 Å². The highest BCUT2D eigenvalue weighted by molar-refractivity contribution is 6.42. The van der Waals surface area contributed by atoms with Gasteiger partial charge < -0.3 is 25.7 Å². The van der Waals surface area contributed by atoms with Crippen molar-refractivity contribution in [3.63, 3.8) is 0 Å². The number of pyridine rings is 1. The number of halogens is 2. The molecule has 176 valence electrons. The standard InChI is InChI=1S/C24H28Cl2N4O3/c1-24(2,3)33-23(32)29-16(13-27-12-15-8-9-18(25)19(26)10-15)14-28-22-11-21(31)17-6-4-5-7-20(17)30-22/h4-11,16,27H,12-14H2,1-3H3,(H,29,32)(H2,28,30,31). The van der Waals surface area contributed by atoms with E-state index in [0.29, 0.717) is 40.9 Å². The summed E-state index contributed by atoms with van der Waals surface area (Å²) in [5.41, 5.74) is 1.01. The van der Waals surface area contributed by atoms with E-state index in [0.717, 1.165) is 11.1 Å². The zero-order valence-electron chi connectivity index (χ0n) is 18.8. The fourth-order valence-corrected chi connectivity index (χ4v) is 3.53. The van der Waals surface area contributed by atoms with Gasteiger partial charge in [0.2, 0.25) is 0 Å². The molecule has 1 atom stereocenters. The summed E-state index contributed by atoms with van der Waals surface area (Å²) in [7, 11) is 0. The van der Waals surface area contributed by atoms with Crippen molar-refractivity contribution in [3.05, 3.63) is 74.4 Å². The number of nitrogens with one attached hydrogen (secondary N) is 4. The molecule has 7 nitrogen and oxygen atoms in total. The molecular weight excluding hydrogens is 463 g/mol. The zero-order chi connectivity index (χ0) is 24.0. The number of carbonyl (C=O) groups excluding carboxylic acids is 1. The van der Waals surface area contributed by atoms with E-state index in [1.165, 1.54) is 6.07 Å². The fourth-order valence-electron chi connectivity index (χ4n) is 3.21. The van der Waals surface area contributed by atoms with Crippen LogP contribution in [0.1, 0.15) is 26.3 Å². The summed E-state index contributed by atoms with van der Waals surface area (Å²) >= 11 is 12.1. The fraction of sp³-hybridized carbons (Fsp3) is 0.333. The van der Waals surface area contributed by atoms with E-state index < -0.39 is 11.7 Å². The minimum absolute atomic E-state index is 0.0822. The maximum atomic E-state index is 12.4. The first kappa shape index (κ1) is 24.9. The topological polar surface area (TPSA) is 95.2 Å². The molecule has 1 amide bonds. The molecule has 0 aliphatic heterocycles. The molecule has 0 aliphatic carbocycles. The van der Waals surface area contributed by atoms with Gasteiger partial charge in [0, 0.05) is 31.1 Å². The van der Waals surface area contributed by atoms with Gasteiger partial charge >= 0.3 is 6.09 Å². The van der Waals surface area contributed by atoms with Crippen molar-refractivity contribution in [1.29, 1.82) is 0 Å². The van der Waals surface area contributed by atoms with Crippen LogP contribution in [0.4, 0.5) is 10.6 Å². The van der Waals surface area contributed by atoms with Crippen LogP contribution in [0.2, 0.25) is 10.0 Å². The molecule has 9 heteroatoms. The van der Waals surface area contributed by atoms with Gasteiger partial charge in [-0.05, 0) is 50.6 Å². The summed E-state index contributed by atoms with van der Waals surface area (Å²) < 4.78 is 5.40. The smallest absolute Gasteiger partial charge is 0.407 e. The Morgan fingerprint density at radius 2 is 1.82 bits per heavy atom. The Hall–Kier alpha value is -2.74. The molecule has 0 saturated heterocycles. The molecule has 0 spiro atoms. The lowest BCUT2D eigenvalue weighted by molar-refractivity contribution is 0.0506. The van der Waals surface area contributed by atoms with Crippen molar-refractivity contribution < 1.29 is 9.53 Å². The molecular formula is C24H28Cl2N4O3. The molecule has 0 saturated carbocycles. The number of ether oxygens (including phenoxy) is 1. The molecule has 1 unspecified atom stereocenters. The van der Waals surface area contributed by atoms with Gasteiger partial charge in [-0.25, -0.2) is 4.79 Å². The quantitative estimate of drug-likeness (QED) is 0.359. The summed E-state index contributed by atoms with van der Waals surface area (Å²) in [6, 6.07) is 13.9. The number of alkyl carbamates (subject to hydrolysis) is 1. The Labute approximate surface area is 202 Å². The molecule has 3 rings (SSSR count). The number of para-hydroxylation sites is 1. The van der Waals surface area contributed by atoms with Crippen LogP contribution in [0.15, 0.2) is 53.3 Å². The minimum Gasteiger partial charge on any atom is -0.444 e. The van der Waals surface area contributed by atoms with E-state index in [2.05, 4.69) is 20.9 Å². The summed E-state index contributed by atoms with van der Waals surface area (Å²) in [5, 5.41) is 11.0. The maximum absolute atomic E-state index is 12.4. The van der Waals surface area contributed by atoms with Crippen molar-refractivity contribution in [2.45, 2.75) is 39.0 Å². The van der Waals surface area contributed by atoms with Gasteiger partial charge in [-0.1, -0.05) is 41.4 Å². The number of aromatic amines is 1. The largest absolute Gasteiger partial charge is 0.444 e. The van der Waals surface area contributed by atoms with Gasteiger partial charge in [0.15, 0.2) is 5.43 Å². The lowest BCUT2D eigenvalue weighted by atomic mass is 10.2. The number of fused-ring (bicyclic) bond motifs is 1. The molecule has 0 aliphatic rings. The number of aromatic nitrogens is 1. The highest BCUT2D eigenvalue weighted by Gasteiger charge is 2.19. The van der Waals surface area contributed by atoms with Gasteiger partial charge in [-0.2, -0.15) is 0 Å². The van der Waals surface area contributed by atoms with Crippen molar-refractivity contribution in [3.8, 4) is 0 Å². The molecule has 0 fully saturated rings. The van der Waals surface area contributed by atoms with Crippen molar-refractivity contribution in [2.75, 3.05) is 18.4 Å². The SMILES string of the molecule is CC(C)(C)OC(=O)NC(CNCc1ccc(Cl)c(Cl)c1)CNc1cc(=O)c2ccccc2[nH]1. The van der Waals surface area contributed by atoms with Gasteiger partial charge in [-0.3, -0.25) is 4.79 Å². The molecule has 4 N–H and O–H groups in total. The van der Waals surface area contributed by atoms with Crippen LogP contribution in [0.5, 0.6) is 0 Å². The number of amides is 1. The second-order valence-corrected chi connectivity index (χ2v) is 9.51. The van der Waals surface area contributed by atoms with E-state index in [1.807, 2.05) is 45.0 Å². The number of rotatable bonds is 8. The zero-order valence-corrected chi connectivity index (χ0v) is 20.3. The highest BCUT2D eigenvalue weighted by atomic mass is 35.5. The van der Waals surface area contributed by atoms with E-state index >= 15 is 0 Å². The third-order valence-corrected chi connectivity index (χ3v) is 5.44. The van der Waals surface area contributed by atoms with Crippen LogP contribution in [0.3, 0.4) is 0 Å². The molecule has 1 heterocycles. The maximum Gasteiger partial charge on any atom is 0.407 e. The predicted octanol–water partition coefficient (Wildman–Crippen LogP) is 4.93. The third kappa shape index (κ3) is 7.67. The van der Waals surface area contributed by atoms with E-state index in [9.17, 15) is 9.59 Å². The molecule has 0 bridgehead atoms. The van der Waals surface area contributed by atoms with Crippen LogP contribution in [-0.4, -0.2) is 35.8 Å². The van der Waals surface area contributed by atoms with Crippen LogP contribution in [0, 0.1) is 0 Å². The Morgan fingerprint density at radius 3 is 2.55 bits per heavy atom. The second kappa shape index (κ2) is 10.9. The number of H-pyrrole nitrogens is 1. The number of carbonyl (C=O) groups is 1. The van der Waals surface area contributed by atoms with Gasteiger partial charge in [0.25, 0.3) is 0 Å². The average Bonchev–Trinajstić information content (AvgIpc) is 2.73. The summed E-state index contributed by atoms with van der Waals surface area (Å²) in [6.45, 7) is 6.77. The Morgan fingerprint density at radius 1 is 1.06 bits per heavy atom. The molecule has 0 radical (unpaired) electrons. The number of hydrogen-bond acceptors (Lipinski definition) is 5. The first-order valence-corrected chi connectivity index (χ1v) is 11.4.